The van der Waals surface area contributed by atoms with E-state index in [1.54, 1.807) is 25.1 Å². The third-order valence-corrected chi connectivity index (χ3v) is 4.42. The molecule has 2 saturated heterocycles. The van der Waals surface area contributed by atoms with E-state index in [0.29, 0.717) is 23.1 Å². The van der Waals surface area contributed by atoms with E-state index >= 15 is 0 Å². The van der Waals surface area contributed by atoms with Gasteiger partial charge in [-0.15, -0.1) is 0 Å². The predicted octanol–water partition coefficient (Wildman–Crippen LogP) is 1.52. The average Bonchev–Trinajstić information content (AvgIpc) is 2.85. The maximum atomic E-state index is 12.6. The first-order chi connectivity index (χ1) is 9.16. The summed E-state index contributed by atoms with van der Waals surface area (Å²) in [6, 6.07) is 5.61. The van der Waals surface area contributed by atoms with Crippen LogP contribution in [0.5, 0.6) is 5.75 Å². The minimum atomic E-state index is 0.0459. The zero-order chi connectivity index (χ0) is 13.4. The van der Waals surface area contributed by atoms with Gasteiger partial charge in [0.1, 0.15) is 5.75 Å². The Bertz CT molecular complexity index is 487. The van der Waals surface area contributed by atoms with Crippen LogP contribution in [0.2, 0.25) is 0 Å². The number of amides is 1. The first kappa shape index (κ1) is 12.5. The molecule has 2 fully saturated rings. The second-order valence-electron chi connectivity index (χ2n) is 5.62. The van der Waals surface area contributed by atoms with Crippen molar-refractivity contribution in [1.29, 1.82) is 0 Å². The van der Waals surface area contributed by atoms with Crippen LogP contribution in [0.1, 0.15) is 28.8 Å². The topological polar surface area (TPSA) is 52.6 Å². The zero-order valence-corrected chi connectivity index (χ0v) is 11.2. The van der Waals surface area contributed by atoms with Gasteiger partial charge in [-0.25, -0.2) is 0 Å². The van der Waals surface area contributed by atoms with E-state index in [0.717, 1.165) is 19.6 Å². The maximum absolute atomic E-state index is 12.6. The standard InChI is InChI=1S/C15H20N2O2/c1-10-12(5-2-6-14(10)18)15(19)17-8-11-4-3-7-16-13(11)9-17/h2,5-6,11,13,16,18H,3-4,7-9H2,1H3. The van der Waals surface area contributed by atoms with E-state index in [2.05, 4.69) is 5.32 Å². The molecule has 2 aliphatic rings. The summed E-state index contributed by atoms with van der Waals surface area (Å²) in [5.74, 6) is 0.834. The number of piperidine rings is 1. The molecule has 4 heteroatoms. The highest BCUT2D eigenvalue weighted by molar-refractivity contribution is 5.96. The Morgan fingerprint density at radius 1 is 1.42 bits per heavy atom. The predicted molar refractivity (Wildman–Crippen MR) is 73.3 cm³/mol. The summed E-state index contributed by atoms with van der Waals surface area (Å²) in [6.45, 7) is 4.49. The van der Waals surface area contributed by atoms with Crippen molar-refractivity contribution in [2.24, 2.45) is 5.92 Å². The van der Waals surface area contributed by atoms with E-state index < -0.39 is 0 Å². The van der Waals surface area contributed by atoms with Gasteiger partial charge in [-0.3, -0.25) is 4.79 Å². The molecular formula is C15H20N2O2. The van der Waals surface area contributed by atoms with E-state index in [1.807, 2.05) is 4.90 Å². The lowest BCUT2D eigenvalue weighted by Crippen LogP contribution is -2.41. The Kier molecular flexibility index (Phi) is 3.19. The minimum absolute atomic E-state index is 0.0459. The number of carbonyl (C=O) groups is 1. The van der Waals surface area contributed by atoms with Gasteiger partial charge in [-0.05, 0) is 44.4 Å². The van der Waals surface area contributed by atoms with Gasteiger partial charge < -0.3 is 15.3 Å². The molecule has 0 saturated carbocycles. The Labute approximate surface area is 113 Å². The number of likely N-dealkylation sites (tertiary alicyclic amines) is 1. The lowest BCUT2D eigenvalue weighted by molar-refractivity contribution is 0.0784. The Morgan fingerprint density at radius 2 is 2.26 bits per heavy atom. The summed E-state index contributed by atoms with van der Waals surface area (Å²) >= 11 is 0. The monoisotopic (exact) mass is 260 g/mol. The Morgan fingerprint density at radius 3 is 3.05 bits per heavy atom. The molecule has 4 nitrogen and oxygen atoms in total. The highest BCUT2D eigenvalue weighted by Gasteiger charge is 2.36. The van der Waals surface area contributed by atoms with Crippen LogP contribution in [0.3, 0.4) is 0 Å². The summed E-state index contributed by atoms with van der Waals surface area (Å²) in [4.78, 5) is 14.5. The SMILES string of the molecule is Cc1c(O)cccc1C(=O)N1CC2CCCNC2C1. The number of aromatic hydroxyl groups is 1. The van der Waals surface area contributed by atoms with Gasteiger partial charge in [0.15, 0.2) is 0 Å². The van der Waals surface area contributed by atoms with Crippen molar-refractivity contribution in [2.75, 3.05) is 19.6 Å². The van der Waals surface area contributed by atoms with E-state index in [9.17, 15) is 9.90 Å². The number of rotatable bonds is 1. The first-order valence-electron chi connectivity index (χ1n) is 6.98. The van der Waals surface area contributed by atoms with Gasteiger partial charge in [0.05, 0.1) is 0 Å². The number of fused-ring (bicyclic) bond motifs is 1. The van der Waals surface area contributed by atoms with Gasteiger partial charge in [0.2, 0.25) is 0 Å². The molecule has 19 heavy (non-hydrogen) atoms. The van der Waals surface area contributed by atoms with Crippen molar-refractivity contribution < 1.29 is 9.90 Å². The number of nitrogens with one attached hydrogen (secondary N) is 1. The molecule has 2 aliphatic heterocycles. The van der Waals surface area contributed by atoms with Crippen LogP contribution in [0.25, 0.3) is 0 Å². The number of phenols is 1. The van der Waals surface area contributed by atoms with Gasteiger partial charge in [0, 0.05) is 30.3 Å². The second-order valence-corrected chi connectivity index (χ2v) is 5.62. The molecule has 1 amide bonds. The van der Waals surface area contributed by atoms with Gasteiger partial charge in [-0.1, -0.05) is 6.07 Å². The molecule has 1 aromatic rings. The fourth-order valence-corrected chi connectivity index (χ4v) is 3.24. The number of hydrogen-bond acceptors (Lipinski definition) is 3. The van der Waals surface area contributed by atoms with Crippen LogP contribution in [0.4, 0.5) is 0 Å². The van der Waals surface area contributed by atoms with Crippen LogP contribution in [-0.2, 0) is 0 Å². The molecule has 0 radical (unpaired) electrons. The fraction of sp³-hybridized carbons (Fsp3) is 0.533. The van der Waals surface area contributed by atoms with E-state index in [-0.39, 0.29) is 11.7 Å². The Hall–Kier alpha value is -1.55. The van der Waals surface area contributed by atoms with Crippen LogP contribution in [0.15, 0.2) is 18.2 Å². The van der Waals surface area contributed by atoms with Crippen molar-refractivity contribution in [3.63, 3.8) is 0 Å². The highest BCUT2D eigenvalue weighted by Crippen LogP contribution is 2.28. The largest absolute Gasteiger partial charge is 0.508 e. The third kappa shape index (κ3) is 2.21. The van der Waals surface area contributed by atoms with Crippen LogP contribution >= 0.6 is 0 Å². The molecule has 2 heterocycles. The number of hydrogen-bond donors (Lipinski definition) is 2. The van der Waals surface area contributed by atoms with Crippen molar-refractivity contribution in [3.05, 3.63) is 29.3 Å². The lowest BCUT2D eigenvalue weighted by atomic mass is 9.94. The summed E-state index contributed by atoms with van der Waals surface area (Å²) < 4.78 is 0. The molecular weight excluding hydrogens is 240 g/mol. The molecule has 0 bridgehead atoms. The molecule has 102 valence electrons. The van der Waals surface area contributed by atoms with Crippen molar-refractivity contribution in [1.82, 2.24) is 10.2 Å². The second kappa shape index (κ2) is 4.85. The number of phenolic OH excluding ortho intramolecular Hbond substituents is 1. The molecule has 0 aliphatic carbocycles. The molecule has 3 rings (SSSR count). The van der Waals surface area contributed by atoms with Gasteiger partial charge in [-0.2, -0.15) is 0 Å². The molecule has 2 N–H and O–H groups in total. The first-order valence-corrected chi connectivity index (χ1v) is 6.98. The number of nitrogens with zero attached hydrogens (tertiary/aromatic N) is 1. The fourth-order valence-electron chi connectivity index (χ4n) is 3.24. The zero-order valence-electron chi connectivity index (χ0n) is 11.2. The summed E-state index contributed by atoms with van der Waals surface area (Å²) in [7, 11) is 0. The molecule has 2 unspecified atom stereocenters. The minimum Gasteiger partial charge on any atom is -0.508 e. The van der Waals surface area contributed by atoms with Gasteiger partial charge >= 0.3 is 0 Å². The van der Waals surface area contributed by atoms with Crippen molar-refractivity contribution >= 4 is 5.91 Å². The molecule has 0 spiro atoms. The summed E-state index contributed by atoms with van der Waals surface area (Å²) in [6.07, 6.45) is 2.41. The smallest absolute Gasteiger partial charge is 0.254 e. The number of benzene rings is 1. The molecule has 1 aromatic carbocycles. The van der Waals surface area contributed by atoms with Crippen LogP contribution in [-0.4, -0.2) is 41.6 Å². The van der Waals surface area contributed by atoms with Gasteiger partial charge in [0.25, 0.3) is 5.91 Å². The lowest BCUT2D eigenvalue weighted by Gasteiger charge is -2.24. The van der Waals surface area contributed by atoms with Crippen molar-refractivity contribution in [2.45, 2.75) is 25.8 Å². The number of carbonyl (C=O) groups excluding carboxylic acids is 1. The maximum Gasteiger partial charge on any atom is 0.254 e. The third-order valence-electron chi connectivity index (χ3n) is 4.42. The molecule has 2 atom stereocenters. The van der Waals surface area contributed by atoms with Crippen molar-refractivity contribution in [3.8, 4) is 5.75 Å². The quantitative estimate of drug-likeness (QED) is 0.805. The van der Waals surface area contributed by atoms with Crippen LogP contribution in [0, 0.1) is 12.8 Å². The van der Waals surface area contributed by atoms with E-state index in [1.165, 1.54) is 12.8 Å². The highest BCUT2D eigenvalue weighted by atomic mass is 16.3. The average molecular weight is 260 g/mol. The normalized spacial score (nSPS) is 26.3. The van der Waals surface area contributed by atoms with Crippen LogP contribution < -0.4 is 5.32 Å². The summed E-state index contributed by atoms with van der Waals surface area (Å²) in [5.41, 5.74) is 1.30. The molecule has 0 aromatic heterocycles. The van der Waals surface area contributed by atoms with E-state index in [4.69, 9.17) is 0 Å². The Balaban J connectivity index is 1.79. The summed E-state index contributed by atoms with van der Waals surface area (Å²) in [5, 5.41) is 13.2.